The Labute approximate surface area is 121 Å². The molecule has 2 heterocycles. The number of amides is 2. The number of piperazine rings is 1. The summed E-state index contributed by atoms with van der Waals surface area (Å²) in [6, 6.07) is 2.58. The summed E-state index contributed by atoms with van der Waals surface area (Å²) in [6.45, 7) is 2.42. The molecular formula is C15H16F2N2O2. The van der Waals surface area contributed by atoms with Gasteiger partial charge in [-0.25, -0.2) is 8.78 Å². The molecule has 0 saturated carbocycles. The SMILES string of the molecule is C[C@H]1C(=O)N2CCC[C@@H]2C(=O)N1Cc1ccc(F)c(F)c1. The van der Waals surface area contributed by atoms with Gasteiger partial charge in [-0.05, 0) is 37.5 Å². The molecule has 0 aliphatic carbocycles. The zero-order valence-electron chi connectivity index (χ0n) is 11.7. The summed E-state index contributed by atoms with van der Waals surface area (Å²) in [5, 5.41) is 0. The fraction of sp³-hybridized carbons (Fsp3) is 0.467. The van der Waals surface area contributed by atoms with Gasteiger partial charge >= 0.3 is 0 Å². The second kappa shape index (κ2) is 5.09. The number of fused-ring (bicyclic) bond motifs is 1. The lowest BCUT2D eigenvalue weighted by Gasteiger charge is -2.41. The van der Waals surface area contributed by atoms with Crippen LogP contribution in [0.3, 0.4) is 0 Å². The van der Waals surface area contributed by atoms with E-state index in [2.05, 4.69) is 0 Å². The van der Waals surface area contributed by atoms with E-state index >= 15 is 0 Å². The van der Waals surface area contributed by atoms with Crippen LogP contribution in [0.2, 0.25) is 0 Å². The Balaban J connectivity index is 1.85. The number of benzene rings is 1. The van der Waals surface area contributed by atoms with Gasteiger partial charge < -0.3 is 9.80 Å². The Hall–Kier alpha value is -1.98. The van der Waals surface area contributed by atoms with Gasteiger partial charge in [0, 0.05) is 13.1 Å². The van der Waals surface area contributed by atoms with Crippen LogP contribution >= 0.6 is 0 Å². The summed E-state index contributed by atoms with van der Waals surface area (Å²) >= 11 is 0. The van der Waals surface area contributed by atoms with Gasteiger partial charge in [-0.15, -0.1) is 0 Å². The molecule has 2 aliphatic heterocycles. The topological polar surface area (TPSA) is 40.6 Å². The van der Waals surface area contributed by atoms with Crippen LogP contribution in [0, 0.1) is 11.6 Å². The summed E-state index contributed by atoms with van der Waals surface area (Å²) in [5.41, 5.74) is 0.480. The molecule has 0 spiro atoms. The molecule has 6 heteroatoms. The second-order valence-electron chi connectivity index (χ2n) is 5.58. The van der Waals surface area contributed by atoms with E-state index in [4.69, 9.17) is 0 Å². The number of hydrogen-bond donors (Lipinski definition) is 0. The highest BCUT2D eigenvalue weighted by atomic mass is 19.2. The first-order valence-corrected chi connectivity index (χ1v) is 7.04. The lowest BCUT2D eigenvalue weighted by molar-refractivity contribution is -0.159. The highest BCUT2D eigenvalue weighted by Gasteiger charge is 2.45. The minimum Gasteiger partial charge on any atom is -0.329 e. The van der Waals surface area contributed by atoms with Crippen LogP contribution in [0.1, 0.15) is 25.3 Å². The molecule has 1 aromatic carbocycles. The number of halogens is 2. The maximum atomic E-state index is 13.3. The average molecular weight is 294 g/mol. The van der Waals surface area contributed by atoms with E-state index in [0.717, 1.165) is 18.6 Å². The van der Waals surface area contributed by atoms with E-state index in [-0.39, 0.29) is 24.4 Å². The number of carbonyl (C=O) groups is 2. The molecule has 1 aromatic rings. The summed E-state index contributed by atoms with van der Waals surface area (Å²) in [5.74, 6) is -2.04. The molecule has 2 atom stereocenters. The van der Waals surface area contributed by atoms with Crippen LogP contribution in [0.15, 0.2) is 18.2 Å². The normalized spacial score (nSPS) is 25.5. The van der Waals surface area contributed by atoms with Gasteiger partial charge in [0.2, 0.25) is 11.8 Å². The van der Waals surface area contributed by atoms with Gasteiger partial charge in [-0.1, -0.05) is 6.07 Å². The maximum Gasteiger partial charge on any atom is 0.246 e. The van der Waals surface area contributed by atoms with Crippen molar-refractivity contribution in [3.8, 4) is 0 Å². The maximum absolute atomic E-state index is 13.3. The van der Waals surface area contributed by atoms with Gasteiger partial charge in [0.25, 0.3) is 0 Å². The van der Waals surface area contributed by atoms with Crippen molar-refractivity contribution < 1.29 is 18.4 Å². The zero-order chi connectivity index (χ0) is 15.1. The molecule has 0 bridgehead atoms. The van der Waals surface area contributed by atoms with Gasteiger partial charge in [0.1, 0.15) is 12.1 Å². The highest BCUT2D eigenvalue weighted by molar-refractivity contribution is 5.97. The molecule has 0 aromatic heterocycles. The number of rotatable bonds is 2. The molecule has 0 radical (unpaired) electrons. The van der Waals surface area contributed by atoms with Crippen LogP contribution in [0.5, 0.6) is 0 Å². The first-order valence-electron chi connectivity index (χ1n) is 7.04. The van der Waals surface area contributed by atoms with Crippen LogP contribution in [0.4, 0.5) is 8.78 Å². The molecule has 4 nitrogen and oxygen atoms in total. The molecule has 21 heavy (non-hydrogen) atoms. The molecule has 2 amide bonds. The summed E-state index contributed by atoms with van der Waals surface area (Å²) in [7, 11) is 0. The summed E-state index contributed by atoms with van der Waals surface area (Å²) in [4.78, 5) is 27.8. The van der Waals surface area contributed by atoms with Crippen molar-refractivity contribution >= 4 is 11.8 Å². The number of nitrogens with zero attached hydrogens (tertiary/aromatic N) is 2. The van der Waals surface area contributed by atoms with E-state index in [1.807, 2.05) is 0 Å². The predicted octanol–water partition coefficient (Wildman–Crippen LogP) is 1.69. The third-order valence-electron chi connectivity index (χ3n) is 4.27. The molecule has 112 valence electrons. The minimum absolute atomic E-state index is 0.0697. The van der Waals surface area contributed by atoms with Crippen molar-refractivity contribution in [1.29, 1.82) is 0 Å². The van der Waals surface area contributed by atoms with Gasteiger partial charge in [0.15, 0.2) is 11.6 Å². The van der Waals surface area contributed by atoms with E-state index < -0.39 is 17.7 Å². The number of hydrogen-bond acceptors (Lipinski definition) is 2. The third kappa shape index (κ3) is 2.28. The van der Waals surface area contributed by atoms with Gasteiger partial charge in [-0.3, -0.25) is 9.59 Å². The van der Waals surface area contributed by atoms with E-state index in [1.54, 1.807) is 11.8 Å². The fourth-order valence-corrected chi connectivity index (χ4v) is 3.09. The van der Waals surface area contributed by atoms with Crippen LogP contribution < -0.4 is 0 Å². The largest absolute Gasteiger partial charge is 0.329 e. The van der Waals surface area contributed by atoms with Crippen molar-refractivity contribution in [1.82, 2.24) is 9.80 Å². The summed E-state index contributed by atoms with van der Waals surface area (Å²) in [6.07, 6.45) is 1.50. The quantitative estimate of drug-likeness (QED) is 0.833. The smallest absolute Gasteiger partial charge is 0.246 e. The molecule has 2 saturated heterocycles. The highest BCUT2D eigenvalue weighted by Crippen LogP contribution is 2.28. The lowest BCUT2D eigenvalue weighted by Crippen LogP contribution is -2.61. The lowest BCUT2D eigenvalue weighted by atomic mass is 10.0. The molecule has 2 fully saturated rings. The average Bonchev–Trinajstić information content (AvgIpc) is 2.95. The number of carbonyl (C=O) groups excluding carboxylic acids is 2. The van der Waals surface area contributed by atoms with Crippen molar-refractivity contribution in [2.24, 2.45) is 0 Å². The van der Waals surface area contributed by atoms with E-state index in [0.29, 0.717) is 18.5 Å². The molecular weight excluding hydrogens is 278 g/mol. The zero-order valence-corrected chi connectivity index (χ0v) is 11.7. The fourth-order valence-electron chi connectivity index (χ4n) is 3.09. The first-order chi connectivity index (χ1) is 9.99. The molecule has 0 unspecified atom stereocenters. The van der Waals surface area contributed by atoms with Crippen molar-refractivity contribution in [3.63, 3.8) is 0 Å². The Morgan fingerprint density at radius 1 is 1.19 bits per heavy atom. The monoisotopic (exact) mass is 294 g/mol. The first kappa shape index (κ1) is 14.0. The van der Waals surface area contributed by atoms with Crippen LogP contribution in [0.25, 0.3) is 0 Å². The van der Waals surface area contributed by atoms with Gasteiger partial charge in [-0.2, -0.15) is 0 Å². The second-order valence-corrected chi connectivity index (χ2v) is 5.58. The van der Waals surface area contributed by atoms with Crippen molar-refractivity contribution in [3.05, 3.63) is 35.4 Å². The Morgan fingerprint density at radius 2 is 1.95 bits per heavy atom. The Bertz CT molecular complexity index is 605. The van der Waals surface area contributed by atoms with Crippen LogP contribution in [-0.4, -0.2) is 40.2 Å². The van der Waals surface area contributed by atoms with Gasteiger partial charge in [0.05, 0.1) is 0 Å². The Morgan fingerprint density at radius 3 is 2.67 bits per heavy atom. The molecule has 2 aliphatic rings. The van der Waals surface area contributed by atoms with E-state index in [1.165, 1.54) is 11.0 Å². The minimum atomic E-state index is -0.946. The van der Waals surface area contributed by atoms with Crippen molar-refractivity contribution in [2.75, 3.05) is 6.54 Å². The molecule has 3 rings (SSSR count). The van der Waals surface area contributed by atoms with Crippen molar-refractivity contribution in [2.45, 2.75) is 38.4 Å². The van der Waals surface area contributed by atoms with E-state index in [9.17, 15) is 18.4 Å². The third-order valence-corrected chi connectivity index (χ3v) is 4.27. The molecule has 0 N–H and O–H groups in total. The standard InChI is InChI=1S/C15H16F2N2O2/c1-9-14(20)18-6-2-3-13(18)15(21)19(9)8-10-4-5-11(16)12(17)7-10/h4-5,7,9,13H,2-3,6,8H2,1H3/t9-,13+/m0/s1. The Kier molecular flexibility index (Phi) is 3.39. The predicted molar refractivity (Wildman–Crippen MR) is 71.1 cm³/mol. The summed E-state index contributed by atoms with van der Waals surface area (Å²) < 4.78 is 26.2. The van der Waals surface area contributed by atoms with Crippen LogP contribution in [-0.2, 0) is 16.1 Å².